The quantitative estimate of drug-likeness (QED) is 0.728. The lowest BCUT2D eigenvalue weighted by atomic mass is 10.0. The van der Waals surface area contributed by atoms with Crippen molar-refractivity contribution in [3.8, 4) is 11.5 Å². The van der Waals surface area contributed by atoms with E-state index >= 15 is 0 Å². The number of amides is 1. The highest BCUT2D eigenvalue weighted by atomic mass is 16.7. The molecule has 1 amide bonds. The van der Waals surface area contributed by atoms with Crippen LogP contribution in [0.5, 0.6) is 11.5 Å². The number of nitrogens with one attached hydrogen (secondary N) is 1. The second kappa shape index (κ2) is 6.74. The van der Waals surface area contributed by atoms with Crippen molar-refractivity contribution in [1.82, 2.24) is 0 Å². The Labute approximate surface area is 169 Å². The van der Waals surface area contributed by atoms with Crippen LogP contribution >= 0.6 is 0 Å². The van der Waals surface area contributed by atoms with Gasteiger partial charge in [0.25, 0.3) is 5.91 Å². The van der Waals surface area contributed by atoms with E-state index in [1.807, 2.05) is 85.7 Å². The van der Waals surface area contributed by atoms with Gasteiger partial charge < -0.3 is 19.7 Å². The minimum absolute atomic E-state index is 0.0420. The molecule has 0 radical (unpaired) electrons. The highest BCUT2D eigenvalue weighted by Crippen LogP contribution is 2.40. The Bertz CT molecular complexity index is 1080. The molecule has 6 heteroatoms. The maximum Gasteiger partial charge on any atom is 0.262 e. The third-order valence-electron chi connectivity index (χ3n) is 5.28. The highest BCUT2D eigenvalue weighted by Gasteiger charge is 2.34. The van der Waals surface area contributed by atoms with Gasteiger partial charge in [-0.2, -0.15) is 0 Å². The van der Waals surface area contributed by atoms with Gasteiger partial charge in [-0.25, -0.2) is 0 Å². The lowest BCUT2D eigenvalue weighted by Gasteiger charge is -2.38. The smallest absolute Gasteiger partial charge is 0.262 e. The summed E-state index contributed by atoms with van der Waals surface area (Å²) in [6.45, 7) is 0.217. The van der Waals surface area contributed by atoms with Crippen LogP contribution in [0.3, 0.4) is 0 Å². The molecule has 0 bridgehead atoms. The number of anilines is 3. The molecular weight excluding hydrogens is 366 g/mol. The molecule has 0 unspecified atom stereocenters. The summed E-state index contributed by atoms with van der Waals surface area (Å²) in [6.07, 6.45) is -0.364. The zero-order valence-electron chi connectivity index (χ0n) is 16.3. The van der Waals surface area contributed by atoms with Gasteiger partial charge in [0.15, 0.2) is 11.5 Å². The van der Waals surface area contributed by atoms with Crippen molar-refractivity contribution >= 4 is 23.0 Å². The SMILES string of the molecule is CN(C)c1ccc(N2C(=O)c3ccccc3N[C@H]2c2ccc3c(c2)OCO3)cc1. The molecule has 0 spiro atoms. The van der Waals surface area contributed by atoms with Gasteiger partial charge in [0.1, 0.15) is 6.17 Å². The van der Waals surface area contributed by atoms with Crippen LogP contribution < -0.4 is 24.6 Å². The summed E-state index contributed by atoms with van der Waals surface area (Å²) in [4.78, 5) is 17.3. The molecule has 6 nitrogen and oxygen atoms in total. The van der Waals surface area contributed by atoms with Gasteiger partial charge in [0.05, 0.1) is 5.56 Å². The van der Waals surface area contributed by atoms with Gasteiger partial charge in [-0.05, 0) is 54.1 Å². The predicted molar refractivity (Wildman–Crippen MR) is 113 cm³/mol. The zero-order valence-corrected chi connectivity index (χ0v) is 16.3. The van der Waals surface area contributed by atoms with Crippen molar-refractivity contribution < 1.29 is 14.3 Å². The van der Waals surface area contributed by atoms with Crippen molar-refractivity contribution in [3.05, 3.63) is 77.9 Å². The largest absolute Gasteiger partial charge is 0.454 e. The fraction of sp³-hybridized carbons (Fsp3) is 0.174. The van der Waals surface area contributed by atoms with Gasteiger partial charge in [0.2, 0.25) is 6.79 Å². The van der Waals surface area contributed by atoms with Crippen LogP contribution in [0, 0.1) is 0 Å². The lowest BCUT2D eigenvalue weighted by molar-refractivity contribution is 0.0975. The van der Waals surface area contributed by atoms with Crippen molar-refractivity contribution in [2.45, 2.75) is 6.17 Å². The molecule has 2 aliphatic rings. The first kappa shape index (κ1) is 17.4. The minimum atomic E-state index is -0.364. The molecule has 29 heavy (non-hydrogen) atoms. The molecule has 2 heterocycles. The molecule has 0 saturated heterocycles. The number of benzene rings is 3. The van der Waals surface area contributed by atoms with Gasteiger partial charge in [-0.3, -0.25) is 9.69 Å². The number of hydrogen-bond acceptors (Lipinski definition) is 5. The van der Waals surface area contributed by atoms with E-state index in [1.165, 1.54) is 0 Å². The average molecular weight is 387 g/mol. The van der Waals surface area contributed by atoms with Crippen molar-refractivity contribution in [2.75, 3.05) is 36.0 Å². The topological polar surface area (TPSA) is 54.0 Å². The Morgan fingerprint density at radius 3 is 2.52 bits per heavy atom. The molecular formula is C23H21N3O3. The molecule has 5 rings (SSSR count). The predicted octanol–water partition coefficient (Wildman–Crippen LogP) is 4.25. The van der Waals surface area contributed by atoms with Crippen LogP contribution in [0.15, 0.2) is 66.7 Å². The Balaban J connectivity index is 1.61. The molecule has 3 aromatic carbocycles. The van der Waals surface area contributed by atoms with E-state index in [-0.39, 0.29) is 18.9 Å². The van der Waals surface area contributed by atoms with Crippen molar-refractivity contribution in [1.29, 1.82) is 0 Å². The summed E-state index contributed by atoms with van der Waals surface area (Å²) in [7, 11) is 3.99. The Hall–Kier alpha value is -3.67. The maximum atomic E-state index is 13.5. The molecule has 0 aliphatic carbocycles. The van der Waals surface area contributed by atoms with E-state index in [0.717, 1.165) is 28.4 Å². The third kappa shape index (κ3) is 2.93. The first-order valence-electron chi connectivity index (χ1n) is 9.48. The van der Waals surface area contributed by atoms with Crippen LogP contribution in [0.25, 0.3) is 0 Å². The first-order valence-corrected chi connectivity index (χ1v) is 9.48. The van der Waals surface area contributed by atoms with E-state index < -0.39 is 0 Å². The summed E-state index contributed by atoms with van der Waals surface area (Å²) in [6, 6.07) is 21.4. The summed E-state index contributed by atoms with van der Waals surface area (Å²) in [5.41, 5.74) is 4.30. The number of ether oxygens (including phenoxy) is 2. The van der Waals surface area contributed by atoms with Gasteiger partial charge in [-0.15, -0.1) is 0 Å². The second-order valence-corrected chi connectivity index (χ2v) is 7.29. The van der Waals surface area contributed by atoms with Gasteiger partial charge in [-0.1, -0.05) is 18.2 Å². The first-order chi connectivity index (χ1) is 14.1. The lowest BCUT2D eigenvalue weighted by Crippen LogP contribution is -2.43. The van der Waals surface area contributed by atoms with Crippen LogP contribution in [0.4, 0.5) is 17.1 Å². The summed E-state index contributed by atoms with van der Waals surface area (Å²) in [5.74, 6) is 1.37. The van der Waals surface area contributed by atoms with Gasteiger partial charge >= 0.3 is 0 Å². The minimum Gasteiger partial charge on any atom is -0.454 e. The van der Waals surface area contributed by atoms with Crippen molar-refractivity contribution in [2.24, 2.45) is 0 Å². The number of nitrogens with zero attached hydrogens (tertiary/aromatic N) is 2. The van der Waals surface area contributed by atoms with Crippen LogP contribution in [0.1, 0.15) is 22.1 Å². The number of fused-ring (bicyclic) bond motifs is 2. The average Bonchev–Trinajstić information content (AvgIpc) is 3.22. The molecule has 0 saturated carbocycles. The molecule has 0 aromatic heterocycles. The third-order valence-corrected chi connectivity index (χ3v) is 5.28. The fourth-order valence-electron chi connectivity index (χ4n) is 3.75. The Morgan fingerprint density at radius 2 is 1.72 bits per heavy atom. The van der Waals surface area contributed by atoms with Crippen LogP contribution in [0.2, 0.25) is 0 Å². The zero-order chi connectivity index (χ0) is 20.0. The summed E-state index contributed by atoms with van der Waals surface area (Å²) in [5, 5.41) is 3.52. The monoisotopic (exact) mass is 387 g/mol. The molecule has 3 aromatic rings. The van der Waals surface area contributed by atoms with E-state index in [4.69, 9.17) is 9.47 Å². The normalized spacial score (nSPS) is 17.0. The maximum absolute atomic E-state index is 13.5. The molecule has 1 atom stereocenters. The molecule has 0 fully saturated rings. The van der Waals surface area contributed by atoms with Crippen molar-refractivity contribution in [3.63, 3.8) is 0 Å². The van der Waals surface area contributed by atoms with E-state index in [2.05, 4.69) is 5.32 Å². The van der Waals surface area contributed by atoms with Crippen LogP contribution in [-0.2, 0) is 0 Å². The number of carbonyl (C=O) groups excluding carboxylic acids is 1. The number of rotatable bonds is 3. The summed E-state index contributed by atoms with van der Waals surface area (Å²) >= 11 is 0. The molecule has 1 N–H and O–H groups in total. The van der Waals surface area contributed by atoms with E-state index in [0.29, 0.717) is 11.3 Å². The Morgan fingerprint density at radius 1 is 0.966 bits per heavy atom. The standard InChI is InChI=1S/C23H21N3O3/c1-25(2)16-8-10-17(11-9-16)26-22(15-7-12-20-21(13-15)29-14-28-20)24-19-6-4-3-5-18(19)23(26)27/h3-13,22,24H,14H2,1-2H3/t22-/m1/s1. The van der Waals surface area contributed by atoms with E-state index in [9.17, 15) is 4.79 Å². The number of para-hydroxylation sites is 1. The second-order valence-electron chi connectivity index (χ2n) is 7.29. The van der Waals surface area contributed by atoms with E-state index in [1.54, 1.807) is 4.90 Å². The number of carbonyl (C=O) groups is 1. The number of hydrogen-bond donors (Lipinski definition) is 1. The molecule has 146 valence electrons. The van der Waals surface area contributed by atoms with Gasteiger partial charge in [0, 0.05) is 31.2 Å². The molecule has 2 aliphatic heterocycles. The van der Waals surface area contributed by atoms with Crippen LogP contribution in [-0.4, -0.2) is 26.8 Å². The highest BCUT2D eigenvalue weighted by molar-refractivity contribution is 6.12. The summed E-state index contributed by atoms with van der Waals surface area (Å²) < 4.78 is 11.0. The Kier molecular flexibility index (Phi) is 4.05. The fourth-order valence-corrected chi connectivity index (χ4v) is 3.75.